The lowest BCUT2D eigenvalue weighted by Crippen LogP contribution is -2.46. The van der Waals surface area contributed by atoms with Crippen LogP contribution in [-0.4, -0.2) is 19.9 Å². The number of halogens is 1. The Morgan fingerprint density at radius 2 is 1.53 bits per heavy atom. The van der Waals surface area contributed by atoms with Gasteiger partial charge in [0.05, 0.1) is 0 Å². The molecule has 0 fully saturated rings. The summed E-state index contributed by atoms with van der Waals surface area (Å²) in [5.41, 5.74) is 0. The highest BCUT2D eigenvalue weighted by molar-refractivity contribution is 9.10. The van der Waals surface area contributed by atoms with E-state index in [-0.39, 0.29) is 0 Å². The van der Waals surface area contributed by atoms with Gasteiger partial charge in [-0.15, -0.1) is 0 Å². The second-order valence-electron chi connectivity index (χ2n) is 4.35. The highest BCUT2D eigenvalue weighted by Gasteiger charge is 2.38. The van der Waals surface area contributed by atoms with E-state index in [2.05, 4.69) is 36.7 Å². The highest BCUT2D eigenvalue weighted by atomic mass is 79.9. The van der Waals surface area contributed by atoms with Crippen LogP contribution in [0.5, 0.6) is 0 Å². The molecule has 0 spiro atoms. The lowest BCUT2D eigenvalue weighted by molar-refractivity contribution is 0.382. The molecule has 0 aromatic heterocycles. The first kappa shape index (κ1) is 15.7. The number of unbranched alkanes of at least 4 members (excludes halogenated alkanes) is 2. The second-order valence-corrected chi connectivity index (χ2v) is 10.5. The molecule has 0 aromatic carbocycles. The van der Waals surface area contributed by atoms with Crippen LogP contribution in [0, 0.1) is 0 Å². The van der Waals surface area contributed by atoms with Crippen LogP contribution >= 0.6 is 15.9 Å². The van der Waals surface area contributed by atoms with Crippen molar-refractivity contribution >= 4 is 24.2 Å². The van der Waals surface area contributed by atoms with Crippen molar-refractivity contribution in [2.75, 3.05) is 7.11 Å². The molecule has 1 nitrogen and oxygen atoms in total. The number of rotatable bonds is 9. The summed E-state index contributed by atoms with van der Waals surface area (Å²) < 4.78 is 6.62. The second kappa shape index (κ2) is 8.77. The first-order valence-corrected chi connectivity index (χ1v) is 9.67. The predicted octanol–water partition coefficient (Wildman–Crippen LogP) is 4.89. The summed E-state index contributed by atoms with van der Waals surface area (Å²) in [6.07, 6.45) is 6.42. The summed E-state index contributed by atoms with van der Waals surface area (Å²) in [6.45, 7) is 6.80. The van der Waals surface area contributed by atoms with Crippen molar-refractivity contribution in [3.63, 3.8) is 0 Å². The smallest absolute Gasteiger partial charge is 0.205 e. The van der Waals surface area contributed by atoms with Gasteiger partial charge in [-0.25, -0.2) is 0 Å². The van der Waals surface area contributed by atoms with E-state index in [4.69, 9.17) is 4.43 Å². The van der Waals surface area contributed by atoms with E-state index in [0.29, 0.717) is 4.45 Å². The fraction of sp³-hybridized carbons (Fsp3) is 1.00. The molecule has 0 N–H and O–H groups in total. The molecule has 0 aliphatic carbocycles. The normalized spacial score (nSPS) is 14.2. The van der Waals surface area contributed by atoms with E-state index < -0.39 is 8.32 Å². The van der Waals surface area contributed by atoms with Crippen LogP contribution in [0.15, 0.2) is 0 Å². The van der Waals surface area contributed by atoms with E-state index in [9.17, 15) is 0 Å². The van der Waals surface area contributed by atoms with Crippen molar-refractivity contribution in [2.24, 2.45) is 0 Å². The summed E-state index contributed by atoms with van der Waals surface area (Å²) in [7, 11) is 0.434. The average Bonchev–Trinajstić information content (AvgIpc) is 2.29. The van der Waals surface area contributed by atoms with Crippen LogP contribution in [0.2, 0.25) is 12.1 Å². The van der Waals surface area contributed by atoms with Crippen LogP contribution in [0.25, 0.3) is 0 Å². The number of alkyl halides is 1. The molecule has 1 unspecified atom stereocenters. The van der Waals surface area contributed by atoms with Crippen molar-refractivity contribution in [2.45, 2.75) is 69.4 Å². The first-order chi connectivity index (χ1) is 7.16. The third-order valence-corrected chi connectivity index (χ3v) is 11.2. The number of hydrogen-bond acceptors (Lipinski definition) is 1. The van der Waals surface area contributed by atoms with Gasteiger partial charge in [0.15, 0.2) is 0 Å². The molecular weight excluding hydrogens is 268 g/mol. The monoisotopic (exact) mass is 294 g/mol. The van der Waals surface area contributed by atoms with Crippen LogP contribution < -0.4 is 0 Å². The van der Waals surface area contributed by atoms with Crippen LogP contribution in [0.1, 0.15) is 52.9 Å². The van der Waals surface area contributed by atoms with Gasteiger partial charge in [-0.2, -0.15) is 0 Å². The topological polar surface area (TPSA) is 9.23 Å². The largest absolute Gasteiger partial charge is 0.419 e. The van der Waals surface area contributed by atoms with Crippen molar-refractivity contribution < 1.29 is 4.43 Å². The number of hydrogen-bond donors (Lipinski definition) is 0. The van der Waals surface area contributed by atoms with Crippen molar-refractivity contribution in [3.05, 3.63) is 0 Å². The standard InChI is InChI=1S/C12H27BrOSi/c1-5-8-10-15(14-4,11-9-6-2)12(13)7-3/h12H,5-11H2,1-4H3. The maximum absolute atomic E-state index is 5.99. The van der Waals surface area contributed by atoms with Crippen molar-refractivity contribution in [3.8, 4) is 0 Å². The highest BCUT2D eigenvalue weighted by Crippen LogP contribution is 2.31. The van der Waals surface area contributed by atoms with Gasteiger partial charge in [-0.3, -0.25) is 0 Å². The molecule has 0 amide bonds. The van der Waals surface area contributed by atoms with Gasteiger partial charge in [0, 0.05) is 11.6 Å². The molecule has 0 saturated carbocycles. The third kappa shape index (κ3) is 5.01. The van der Waals surface area contributed by atoms with Crippen LogP contribution in [-0.2, 0) is 4.43 Å². The van der Waals surface area contributed by atoms with Gasteiger partial charge in [0.25, 0.3) is 0 Å². The Labute approximate surface area is 105 Å². The van der Waals surface area contributed by atoms with Crippen molar-refractivity contribution in [1.82, 2.24) is 0 Å². The van der Waals surface area contributed by atoms with Gasteiger partial charge in [0.2, 0.25) is 8.32 Å². The van der Waals surface area contributed by atoms with Crippen molar-refractivity contribution in [1.29, 1.82) is 0 Å². The minimum atomic E-state index is -1.50. The molecular formula is C12H27BrOSi. The molecule has 0 radical (unpaired) electrons. The van der Waals surface area contributed by atoms with E-state index in [1.807, 2.05) is 7.11 Å². The molecule has 92 valence electrons. The molecule has 0 aliphatic heterocycles. The van der Waals surface area contributed by atoms with Gasteiger partial charge >= 0.3 is 0 Å². The molecule has 0 saturated heterocycles. The molecule has 15 heavy (non-hydrogen) atoms. The van der Waals surface area contributed by atoms with Crippen LogP contribution in [0.3, 0.4) is 0 Å². The lowest BCUT2D eigenvalue weighted by atomic mass is 10.4. The predicted molar refractivity (Wildman–Crippen MR) is 75.2 cm³/mol. The molecule has 0 rings (SSSR count). The molecule has 0 bridgehead atoms. The van der Waals surface area contributed by atoms with E-state index >= 15 is 0 Å². The summed E-state index contributed by atoms with van der Waals surface area (Å²) in [5.74, 6) is 0. The molecule has 0 heterocycles. The Hall–Kier alpha value is 0.657. The van der Waals surface area contributed by atoms with Crippen LogP contribution in [0.4, 0.5) is 0 Å². The summed E-state index contributed by atoms with van der Waals surface area (Å²) >= 11 is 3.86. The van der Waals surface area contributed by atoms with E-state index in [0.717, 1.165) is 0 Å². The maximum Gasteiger partial charge on any atom is 0.205 e. The summed E-state index contributed by atoms with van der Waals surface area (Å²) in [6, 6.07) is 2.65. The zero-order valence-corrected chi connectivity index (χ0v) is 13.4. The fourth-order valence-electron chi connectivity index (χ4n) is 2.09. The fourth-order valence-corrected chi connectivity index (χ4v) is 8.22. The average molecular weight is 295 g/mol. The quantitative estimate of drug-likeness (QED) is 0.434. The molecule has 3 heteroatoms. The first-order valence-electron chi connectivity index (χ1n) is 6.36. The molecule has 0 aromatic rings. The Kier molecular flexibility index (Phi) is 9.15. The Morgan fingerprint density at radius 1 is 1.07 bits per heavy atom. The van der Waals surface area contributed by atoms with Gasteiger partial charge in [0.1, 0.15) is 0 Å². The zero-order chi connectivity index (χ0) is 11.7. The minimum Gasteiger partial charge on any atom is -0.419 e. The SMILES string of the molecule is CCCC[Si](CCCC)(OC)C(Br)CC. The van der Waals surface area contributed by atoms with Gasteiger partial charge in [-0.05, 0) is 18.5 Å². The summed E-state index contributed by atoms with van der Waals surface area (Å²) in [5, 5.41) is 0. The van der Waals surface area contributed by atoms with Gasteiger partial charge < -0.3 is 4.43 Å². The Balaban J connectivity index is 4.43. The lowest BCUT2D eigenvalue weighted by Gasteiger charge is -2.34. The summed E-state index contributed by atoms with van der Waals surface area (Å²) in [4.78, 5) is 0. The van der Waals surface area contributed by atoms with Gasteiger partial charge in [-0.1, -0.05) is 62.4 Å². The third-order valence-electron chi connectivity index (χ3n) is 3.24. The van der Waals surface area contributed by atoms with E-state index in [1.54, 1.807) is 0 Å². The Morgan fingerprint density at radius 3 is 1.80 bits per heavy atom. The zero-order valence-electron chi connectivity index (χ0n) is 10.8. The van der Waals surface area contributed by atoms with E-state index in [1.165, 1.54) is 44.2 Å². The molecule has 0 aliphatic rings. The molecule has 1 atom stereocenters. The Bertz CT molecular complexity index is 145. The minimum absolute atomic E-state index is 0.632. The maximum atomic E-state index is 5.99.